The second-order valence-corrected chi connectivity index (χ2v) is 5.14. The summed E-state index contributed by atoms with van der Waals surface area (Å²) in [5.41, 5.74) is -0.367. The molecule has 2 amide bonds. The maximum atomic E-state index is 12.5. The summed E-state index contributed by atoms with van der Waals surface area (Å²) in [5.74, 6) is -0.590. The van der Waals surface area contributed by atoms with Crippen molar-refractivity contribution < 1.29 is 9.59 Å². The van der Waals surface area contributed by atoms with Crippen LogP contribution < -0.4 is 5.32 Å². The Hall–Kier alpha value is -1.75. The normalized spacial score (nSPS) is 30.6. The van der Waals surface area contributed by atoms with Crippen molar-refractivity contribution in [2.24, 2.45) is 5.92 Å². The molecule has 92 valence electrons. The predicted molar refractivity (Wildman–Crippen MR) is 69.7 cm³/mol. The lowest BCUT2D eigenvalue weighted by atomic mass is 9.71. The lowest BCUT2D eigenvalue weighted by Crippen LogP contribution is -2.61. The molecule has 0 spiro atoms. The van der Waals surface area contributed by atoms with Gasteiger partial charge in [-0.1, -0.05) is 37.3 Å². The van der Waals surface area contributed by atoms with Gasteiger partial charge < -0.3 is 5.32 Å². The van der Waals surface area contributed by atoms with E-state index in [1.54, 1.807) is 0 Å². The summed E-state index contributed by atoms with van der Waals surface area (Å²) >= 11 is 5.03. The van der Waals surface area contributed by atoms with Gasteiger partial charge in [0, 0.05) is 12.5 Å². The Balaban J connectivity index is 2.22. The number of fused-ring (bicyclic) bond motifs is 2. The Bertz CT molecular complexity index is 557. The summed E-state index contributed by atoms with van der Waals surface area (Å²) in [5, 5.41) is 2.86. The van der Waals surface area contributed by atoms with Crippen LogP contribution in [0.15, 0.2) is 30.3 Å². The number of rotatable bonds is 1. The van der Waals surface area contributed by atoms with Crippen LogP contribution in [0, 0.1) is 5.92 Å². The SMILES string of the molecule is C[C@@H]1CN2C(=O)[C@]1(c1ccccc1)C(=O)NC2=S. The van der Waals surface area contributed by atoms with Crippen molar-refractivity contribution in [3.8, 4) is 0 Å². The fraction of sp³-hybridized carbons (Fsp3) is 0.308. The molecule has 2 bridgehead atoms. The Kier molecular flexibility index (Phi) is 2.28. The van der Waals surface area contributed by atoms with Gasteiger partial charge in [0.1, 0.15) is 0 Å². The molecule has 18 heavy (non-hydrogen) atoms. The molecule has 0 saturated carbocycles. The van der Waals surface area contributed by atoms with Gasteiger partial charge in [-0.3, -0.25) is 14.5 Å². The van der Waals surface area contributed by atoms with Gasteiger partial charge in [0.15, 0.2) is 10.5 Å². The number of benzene rings is 1. The van der Waals surface area contributed by atoms with E-state index in [2.05, 4.69) is 5.32 Å². The first-order valence-corrected chi connectivity index (χ1v) is 6.22. The standard InChI is InChI=1S/C13H12N2O2S/c1-8-7-15-11(17)13(8,10(16)14-12(15)18)9-5-3-2-4-6-9/h2-6,8H,7H2,1H3,(H,14,16,18)/t8-,13-/m1/s1. The minimum Gasteiger partial charge on any atom is -0.301 e. The molecule has 3 rings (SSSR count). The highest BCUT2D eigenvalue weighted by Gasteiger charge is 2.62. The number of hydrogen-bond donors (Lipinski definition) is 1. The molecule has 5 heteroatoms. The largest absolute Gasteiger partial charge is 0.301 e. The van der Waals surface area contributed by atoms with Gasteiger partial charge in [-0.25, -0.2) is 0 Å². The number of carbonyl (C=O) groups is 2. The molecule has 4 nitrogen and oxygen atoms in total. The van der Waals surface area contributed by atoms with Crippen LogP contribution >= 0.6 is 12.2 Å². The van der Waals surface area contributed by atoms with E-state index in [1.807, 2.05) is 37.3 Å². The van der Waals surface area contributed by atoms with Crippen LogP contribution in [0.25, 0.3) is 0 Å². The molecular weight excluding hydrogens is 248 g/mol. The molecule has 0 unspecified atom stereocenters. The number of nitrogens with one attached hydrogen (secondary N) is 1. The van der Waals surface area contributed by atoms with Crippen molar-refractivity contribution in [3.63, 3.8) is 0 Å². The van der Waals surface area contributed by atoms with E-state index in [9.17, 15) is 9.59 Å². The van der Waals surface area contributed by atoms with E-state index in [1.165, 1.54) is 4.90 Å². The van der Waals surface area contributed by atoms with Crippen LogP contribution in [0.3, 0.4) is 0 Å². The Labute approximate surface area is 110 Å². The number of hydrogen-bond acceptors (Lipinski definition) is 3. The molecule has 2 aliphatic heterocycles. The third kappa shape index (κ3) is 1.17. The summed E-state index contributed by atoms with van der Waals surface area (Å²) < 4.78 is 0. The van der Waals surface area contributed by atoms with Crippen LogP contribution in [-0.4, -0.2) is 28.4 Å². The van der Waals surface area contributed by atoms with Crippen LogP contribution in [0.1, 0.15) is 12.5 Å². The van der Waals surface area contributed by atoms with E-state index in [0.29, 0.717) is 6.54 Å². The zero-order chi connectivity index (χ0) is 12.9. The maximum absolute atomic E-state index is 12.5. The van der Waals surface area contributed by atoms with E-state index < -0.39 is 5.41 Å². The van der Waals surface area contributed by atoms with Crippen molar-refractivity contribution in [1.29, 1.82) is 0 Å². The van der Waals surface area contributed by atoms with Gasteiger partial charge in [-0.15, -0.1) is 0 Å². The van der Waals surface area contributed by atoms with Gasteiger partial charge in [-0.05, 0) is 17.8 Å². The van der Waals surface area contributed by atoms with Crippen LogP contribution in [0.4, 0.5) is 0 Å². The Morgan fingerprint density at radius 2 is 2.00 bits per heavy atom. The topological polar surface area (TPSA) is 49.4 Å². The van der Waals surface area contributed by atoms with Gasteiger partial charge in [0.25, 0.3) is 0 Å². The number of thiocarbonyl (C=S) groups is 1. The number of nitrogens with zero attached hydrogens (tertiary/aromatic N) is 1. The lowest BCUT2D eigenvalue weighted by Gasteiger charge is -2.34. The quantitative estimate of drug-likeness (QED) is 0.601. The Morgan fingerprint density at radius 1 is 1.33 bits per heavy atom. The van der Waals surface area contributed by atoms with E-state index >= 15 is 0 Å². The molecule has 0 aliphatic carbocycles. The molecule has 2 heterocycles. The zero-order valence-electron chi connectivity index (χ0n) is 9.84. The van der Waals surface area contributed by atoms with Gasteiger partial charge in [0.05, 0.1) is 0 Å². The molecular formula is C13H12N2O2S. The first kappa shape index (κ1) is 11.3. The highest BCUT2D eigenvalue weighted by atomic mass is 32.1. The summed E-state index contributed by atoms with van der Waals surface area (Å²) in [6, 6.07) is 9.20. The molecule has 1 N–H and O–H groups in total. The fourth-order valence-corrected chi connectivity index (χ4v) is 3.17. The average Bonchev–Trinajstić information content (AvgIpc) is 2.57. The summed E-state index contributed by atoms with van der Waals surface area (Å²) in [4.78, 5) is 26.4. The van der Waals surface area contributed by atoms with Crippen molar-refractivity contribution in [2.45, 2.75) is 12.3 Å². The lowest BCUT2D eigenvalue weighted by molar-refractivity contribution is -0.140. The fourth-order valence-electron chi connectivity index (χ4n) is 2.92. The van der Waals surface area contributed by atoms with Crippen molar-refractivity contribution in [1.82, 2.24) is 10.2 Å². The highest BCUT2D eigenvalue weighted by Crippen LogP contribution is 2.42. The summed E-state index contributed by atoms with van der Waals surface area (Å²) in [6.07, 6.45) is 0. The van der Waals surface area contributed by atoms with E-state index in [0.717, 1.165) is 5.56 Å². The van der Waals surface area contributed by atoms with Crippen molar-refractivity contribution >= 4 is 29.1 Å². The second-order valence-electron chi connectivity index (χ2n) is 4.75. The van der Waals surface area contributed by atoms with Crippen molar-refractivity contribution in [3.05, 3.63) is 35.9 Å². The second kappa shape index (κ2) is 3.62. The Morgan fingerprint density at radius 3 is 2.67 bits per heavy atom. The monoisotopic (exact) mass is 260 g/mol. The third-order valence-electron chi connectivity index (χ3n) is 3.83. The minimum atomic E-state index is -1.11. The maximum Gasteiger partial charge on any atom is 0.249 e. The number of carbonyl (C=O) groups excluding carboxylic acids is 2. The summed E-state index contributed by atoms with van der Waals surface area (Å²) in [6.45, 7) is 2.41. The molecule has 1 aromatic rings. The van der Waals surface area contributed by atoms with Crippen LogP contribution in [-0.2, 0) is 15.0 Å². The first-order valence-electron chi connectivity index (χ1n) is 5.81. The smallest absolute Gasteiger partial charge is 0.249 e. The molecule has 1 aromatic carbocycles. The highest BCUT2D eigenvalue weighted by molar-refractivity contribution is 7.80. The zero-order valence-corrected chi connectivity index (χ0v) is 10.7. The molecule has 2 atom stereocenters. The summed E-state index contributed by atoms with van der Waals surface area (Å²) in [7, 11) is 0. The average molecular weight is 260 g/mol. The molecule has 2 fully saturated rings. The van der Waals surface area contributed by atoms with E-state index in [-0.39, 0.29) is 22.8 Å². The van der Waals surface area contributed by atoms with Crippen LogP contribution in [0.5, 0.6) is 0 Å². The molecule has 0 aromatic heterocycles. The van der Waals surface area contributed by atoms with Crippen molar-refractivity contribution in [2.75, 3.05) is 6.54 Å². The van der Waals surface area contributed by atoms with Gasteiger partial charge >= 0.3 is 0 Å². The number of amides is 2. The van der Waals surface area contributed by atoms with Crippen LogP contribution in [0.2, 0.25) is 0 Å². The van der Waals surface area contributed by atoms with Gasteiger partial charge in [0.2, 0.25) is 11.8 Å². The van der Waals surface area contributed by atoms with E-state index in [4.69, 9.17) is 12.2 Å². The molecule has 2 saturated heterocycles. The molecule has 2 aliphatic rings. The first-order chi connectivity index (χ1) is 8.58. The molecule has 0 radical (unpaired) electrons. The minimum absolute atomic E-state index is 0.0900. The van der Waals surface area contributed by atoms with Gasteiger partial charge in [-0.2, -0.15) is 0 Å². The third-order valence-corrected chi connectivity index (χ3v) is 4.15. The predicted octanol–water partition coefficient (Wildman–Crippen LogP) is 0.817.